The zero-order valence-electron chi connectivity index (χ0n) is 7.84. The molecule has 76 valence electrons. The van der Waals surface area contributed by atoms with Gasteiger partial charge in [0.05, 0.1) is 7.11 Å². The number of nitrogens with two attached hydrogens (primary N) is 1. The molecule has 0 aliphatic heterocycles. The van der Waals surface area contributed by atoms with Crippen molar-refractivity contribution in [2.75, 3.05) is 12.9 Å². The van der Waals surface area contributed by atoms with Crippen molar-refractivity contribution in [1.29, 1.82) is 0 Å². The van der Waals surface area contributed by atoms with Crippen LogP contribution in [-0.2, 0) is 9.53 Å². The molecule has 5 heteroatoms. The molecular weight excluding hydrogens is 200 g/mol. The lowest BCUT2D eigenvalue weighted by Crippen LogP contribution is -2.33. The lowest BCUT2D eigenvalue weighted by atomic mass is 10.4. The molecular formula is C9H12N2O2S. The molecule has 0 saturated heterocycles. The van der Waals surface area contributed by atoms with Gasteiger partial charge in [-0.1, -0.05) is 0 Å². The summed E-state index contributed by atoms with van der Waals surface area (Å²) in [7, 11) is 1.33. The van der Waals surface area contributed by atoms with E-state index in [4.69, 9.17) is 5.73 Å². The molecule has 4 nitrogen and oxygen atoms in total. The number of ether oxygens (including phenoxy) is 1. The quantitative estimate of drug-likeness (QED) is 0.587. The van der Waals surface area contributed by atoms with E-state index >= 15 is 0 Å². The Morgan fingerprint density at radius 2 is 2.29 bits per heavy atom. The molecule has 1 unspecified atom stereocenters. The van der Waals surface area contributed by atoms with Gasteiger partial charge in [-0.2, -0.15) is 0 Å². The highest BCUT2D eigenvalue weighted by Gasteiger charge is 2.13. The minimum atomic E-state index is -0.571. The van der Waals surface area contributed by atoms with Crippen molar-refractivity contribution < 1.29 is 9.53 Å². The fourth-order valence-electron chi connectivity index (χ4n) is 0.840. The summed E-state index contributed by atoms with van der Waals surface area (Å²) in [4.78, 5) is 15.9. The summed E-state index contributed by atoms with van der Waals surface area (Å²) in [6.45, 7) is 0. The van der Waals surface area contributed by atoms with Crippen molar-refractivity contribution in [3.05, 3.63) is 24.5 Å². The second kappa shape index (κ2) is 5.62. The van der Waals surface area contributed by atoms with Gasteiger partial charge in [-0.25, -0.2) is 0 Å². The first kappa shape index (κ1) is 11.0. The highest BCUT2D eigenvalue weighted by molar-refractivity contribution is 7.99. The van der Waals surface area contributed by atoms with E-state index in [-0.39, 0.29) is 5.97 Å². The van der Waals surface area contributed by atoms with Crippen LogP contribution in [0.4, 0.5) is 0 Å². The zero-order chi connectivity index (χ0) is 10.4. The van der Waals surface area contributed by atoms with Crippen molar-refractivity contribution in [1.82, 2.24) is 4.98 Å². The first-order valence-electron chi connectivity index (χ1n) is 4.10. The van der Waals surface area contributed by atoms with Crippen LogP contribution in [0.25, 0.3) is 0 Å². The standard InChI is InChI=1S/C9H12N2O2S/c1-13-9(12)8(10)6-14-7-2-4-11-5-3-7/h2-5,8H,6,10H2,1H3. The molecule has 2 N–H and O–H groups in total. The molecule has 0 aliphatic rings. The van der Waals surface area contributed by atoms with E-state index < -0.39 is 6.04 Å². The monoisotopic (exact) mass is 212 g/mol. The van der Waals surface area contributed by atoms with E-state index in [0.29, 0.717) is 5.75 Å². The fourth-order valence-corrected chi connectivity index (χ4v) is 1.66. The van der Waals surface area contributed by atoms with Gasteiger partial charge >= 0.3 is 5.97 Å². The summed E-state index contributed by atoms with van der Waals surface area (Å²) in [5.74, 6) is 0.128. The van der Waals surface area contributed by atoms with E-state index in [0.717, 1.165) is 4.90 Å². The number of rotatable bonds is 4. The minimum absolute atomic E-state index is 0.383. The van der Waals surface area contributed by atoms with Crippen molar-refractivity contribution in [3.63, 3.8) is 0 Å². The Labute approximate surface area is 86.8 Å². The third-order valence-electron chi connectivity index (χ3n) is 1.58. The molecule has 0 spiro atoms. The van der Waals surface area contributed by atoms with E-state index in [2.05, 4.69) is 9.72 Å². The highest BCUT2D eigenvalue weighted by Crippen LogP contribution is 2.16. The van der Waals surface area contributed by atoms with Gasteiger partial charge in [0.2, 0.25) is 0 Å². The van der Waals surface area contributed by atoms with Gasteiger partial charge < -0.3 is 10.5 Å². The van der Waals surface area contributed by atoms with Crippen LogP contribution < -0.4 is 5.73 Å². The van der Waals surface area contributed by atoms with Crippen LogP contribution in [0.3, 0.4) is 0 Å². The third-order valence-corrected chi connectivity index (χ3v) is 2.71. The number of esters is 1. The van der Waals surface area contributed by atoms with Crippen molar-refractivity contribution in [3.8, 4) is 0 Å². The number of carbonyl (C=O) groups is 1. The summed E-state index contributed by atoms with van der Waals surface area (Å²) in [6.07, 6.45) is 3.40. The first-order chi connectivity index (χ1) is 6.74. The van der Waals surface area contributed by atoms with Gasteiger partial charge in [0.25, 0.3) is 0 Å². The van der Waals surface area contributed by atoms with Crippen LogP contribution in [0, 0.1) is 0 Å². The highest BCUT2D eigenvalue weighted by atomic mass is 32.2. The molecule has 0 fully saturated rings. The van der Waals surface area contributed by atoms with Crippen molar-refractivity contribution in [2.45, 2.75) is 10.9 Å². The molecule has 14 heavy (non-hydrogen) atoms. The minimum Gasteiger partial charge on any atom is -0.468 e. The molecule has 0 aliphatic carbocycles. The summed E-state index contributed by atoms with van der Waals surface area (Å²) in [6, 6.07) is 3.17. The van der Waals surface area contributed by atoms with Gasteiger partial charge in [-0.15, -0.1) is 11.8 Å². The second-order valence-electron chi connectivity index (χ2n) is 2.62. The number of aromatic nitrogens is 1. The Hall–Kier alpha value is -1.07. The topological polar surface area (TPSA) is 65.2 Å². The van der Waals surface area contributed by atoms with Gasteiger partial charge in [-0.05, 0) is 12.1 Å². The number of nitrogens with zero attached hydrogens (tertiary/aromatic N) is 1. The first-order valence-corrected chi connectivity index (χ1v) is 5.09. The lowest BCUT2D eigenvalue weighted by molar-refractivity contribution is -0.141. The van der Waals surface area contributed by atoms with Crippen LogP contribution in [-0.4, -0.2) is 29.9 Å². The number of hydrogen-bond donors (Lipinski definition) is 1. The van der Waals surface area contributed by atoms with Crippen LogP contribution in [0.15, 0.2) is 29.4 Å². The van der Waals surface area contributed by atoms with E-state index in [1.807, 2.05) is 12.1 Å². The third kappa shape index (κ3) is 3.35. The average Bonchev–Trinajstić information content (AvgIpc) is 2.26. The number of hydrogen-bond acceptors (Lipinski definition) is 5. The maximum Gasteiger partial charge on any atom is 0.323 e. The average molecular weight is 212 g/mol. The maximum atomic E-state index is 11.0. The zero-order valence-corrected chi connectivity index (χ0v) is 8.66. The normalized spacial score (nSPS) is 12.1. The molecule has 0 aromatic carbocycles. The van der Waals surface area contributed by atoms with E-state index in [9.17, 15) is 4.79 Å². The van der Waals surface area contributed by atoms with E-state index in [1.165, 1.54) is 18.9 Å². The molecule has 1 aromatic rings. The predicted molar refractivity (Wildman–Crippen MR) is 55.0 cm³/mol. The Kier molecular flexibility index (Phi) is 4.42. The van der Waals surface area contributed by atoms with Crippen LogP contribution >= 0.6 is 11.8 Å². The predicted octanol–water partition coefficient (Wildman–Crippen LogP) is 0.674. The van der Waals surface area contributed by atoms with Crippen LogP contribution in [0.2, 0.25) is 0 Å². The molecule has 1 rings (SSSR count). The van der Waals surface area contributed by atoms with E-state index in [1.54, 1.807) is 12.4 Å². The summed E-state index contributed by atoms with van der Waals surface area (Å²) in [5.41, 5.74) is 5.56. The molecule has 1 atom stereocenters. The molecule has 0 radical (unpaired) electrons. The lowest BCUT2D eigenvalue weighted by Gasteiger charge is -2.07. The van der Waals surface area contributed by atoms with Crippen LogP contribution in [0.1, 0.15) is 0 Å². The number of thioether (sulfide) groups is 1. The molecule has 0 amide bonds. The summed E-state index contributed by atoms with van der Waals surface area (Å²) >= 11 is 1.51. The molecule has 0 saturated carbocycles. The number of carbonyl (C=O) groups excluding carboxylic acids is 1. The Balaban J connectivity index is 2.38. The Morgan fingerprint density at radius 3 is 2.86 bits per heavy atom. The molecule has 0 bridgehead atoms. The SMILES string of the molecule is COC(=O)C(N)CSc1ccncc1. The van der Waals surface area contributed by atoms with Crippen molar-refractivity contribution in [2.24, 2.45) is 5.73 Å². The number of methoxy groups -OCH3 is 1. The van der Waals surface area contributed by atoms with Gasteiger partial charge in [0.15, 0.2) is 0 Å². The Bertz CT molecular complexity index is 292. The van der Waals surface area contributed by atoms with Gasteiger partial charge in [0, 0.05) is 23.0 Å². The smallest absolute Gasteiger partial charge is 0.323 e. The largest absolute Gasteiger partial charge is 0.468 e. The molecule has 1 aromatic heterocycles. The van der Waals surface area contributed by atoms with Crippen molar-refractivity contribution >= 4 is 17.7 Å². The van der Waals surface area contributed by atoms with Crippen LogP contribution in [0.5, 0.6) is 0 Å². The second-order valence-corrected chi connectivity index (χ2v) is 3.72. The Morgan fingerprint density at radius 1 is 1.64 bits per heavy atom. The number of pyridine rings is 1. The van der Waals surface area contributed by atoms with Gasteiger partial charge in [0.1, 0.15) is 6.04 Å². The summed E-state index contributed by atoms with van der Waals surface area (Å²) in [5, 5.41) is 0. The maximum absolute atomic E-state index is 11.0. The van der Waals surface area contributed by atoms with Gasteiger partial charge in [-0.3, -0.25) is 9.78 Å². The fraction of sp³-hybridized carbons (Fsp3) is 0.333. The molecule has 1 heterocycles. The summed E-state index contributed by atoms with van der Waals surface area (Å²) < 4.78 is 4.51.